The predicted octanol–water partition coefficient (Wildman–Crippen LogP) is 2.78. The molecule has 0 bridgehead atoms. The van der Waals surface area contributed by atoms with E-state index in [0.29, 0.717) is 41.5 Å². The third-order valence-corrected chi connectivity index (χ3v) is 5.67. The molecule has 168 valence electrons. The summed E-state index contributed by atoms with van der Waals surface area (Å²) >= 11 is 0. The van der Waals surface area contributed by atoms with Crippen LogP contribution in [0.2, 0.25) is 0 Å². The number of carbonyl (C=O) groups is 3. The van der Waals surface area contributed by atoms with Gasteiger partial charge < -0.3 is 23.9 Å². The van der Waals surface area contributed by atoms with Gasteiger partial charge in [0.15, 0.2) is 5.78 Å². The highest BCUT2D eigenvalue weighted by molar-refractivity contribution is 6.12. The number of allylic oxidation sites excluding steroid dienone is 3. The number of carbonyl (C=O) groups excluding carboxylic acids is 3. The minimum Gasteiger partial charge on any atom is -0.468 e. The van der Waals surface area contributed by atoms with Crippen LogP contribution in [-0.4, -0.2) is 44.7 Å². The third kappa shape index (κ3) is 4.44. The smallest absolute Gasteiger partial charge is 0.336 e. The number of dihydropyridines is 1. The van der Waals surface area contributed by atoms with Crippen molar-refractivity contribution in [1.29, 1.82) is 0 Å². The Balaban J connectivity index is 2.03. The highest BCUT2D eigenvalue weighted by Crippen LogP contribution is 2.45. The highest BCUT2D eigenvalue weighted by atomic mass is 16.6. The number of rotatable bonds is 7. The molecule has 0 saturated carbocycles. The van der Waals surface area contributed by atoms with Crippen LogP contribution in [0.3, 0.4) is 0 Å². The Labute approximate surface area is 181 Å². The molecule has 1 aliphatic heterocycles. The second kappa shape index (κ2) is 9.51. The van der Waals surface area contributed by atoms with Crippen molar-refractivity contribution < 1.29 is 33.0 Å². The quantitative estimate of drug-likeness (QED) is 0.399. The normalized spacial score (nSPS) is 23.4. The fourth-order valence-corrected chi connectivity index (χ4v) is 4.26. The molecular formula is C23H29NO7. The van der Waals surface area contributed by atoms with E-state index in [1.54, 1.807) is 26.0 Å². The van der Waals surface area contributed by atoms with Crippen molar-refractivity contribution in [2.45, 2.75) is 40.0 Å². The van der Waals surface area contributed by atoms with Crippen LogP contribution in [0, 0.1) is 18.8 Å². The van der Waals surface area contributed by atoms with Gasteiger partial charge in [-0.15, -0.1) is 0 Å². The van der Waals surface area contributed by atoms with Crippen molar-refractivity contribution in [3.05, 3.63) is 46.2 Å². The molecule has 0 fully saturated rings. The maximum Gasteiger partial charge on any atom is 0.336 e. The maximum atomic E-state index is 13.5. The van der Waals surface area contributed by atoms with Crippen molar-refractivity contribution in [2.75, 3.05) is 26.9 Å². The van der Waals surface area contributed by atoms with Crippen molar-refractivity contribution in [2.24, 2.45) is 11.8 Å². The van der Waals surface area contributed by atoms with Crippen LogP contribution in [0.25, 0.3) is 0 Å². The van der Waals surface area contributed by atoms with Gasteiger partial charge in [0.2, 0.25) is 0 Å². The van der Waals surface area contributed by atoms with Gasteiger partial charge in [-0.05, 0) is 45.2 Å². The molecule has 8 nitrogen and oxygen atoms in total. The number of esters is 2. The van der Waals surface area contributed by atoms with E-state index in [1.165, 1.54) is 7.11 Å². The number of aryl methyl sites for hydroxylation is 1. The molecule has 0 radical (unpaired) electrons. The van der Waals surface area contributed by atoms with Crippen LogP contribution in [0.15, 0.2) is 39.1 Å². The first kappa shape index (κ1) is 22.8. The molecule has 1 aromatic heterocycles. The number of Topliss-reactive ketones (excluding diaryl/α,β-unsaturated/α-hetero) is 1. The Morgan fingerprint density at radius 2 is 1.97 bits per heavy atom. The zero-order chi connectivity index (χ0) is 22.7. The molecule has 2 heterocycles. The summed E-state index contributed by atoms with van der Waals surface area (Å²) in [6.45, 7) is 8.15. The first-order chi connectivity index (χ1) is 14.8. The SMILES string of the molecule is CCOCCOC(=O)C1=C(C)NC2=C(C(=O)[C@H](C(=O)OC)[C@H](C)C2)[C@@H]1c1ccc(C)o1. The summed E-state index contributed by atoms with van der Waals surface area (Å²) < 4.78 is 21.4. The fourth-order valence-electron chi connectivity index (χ4n) is 4.26. The average molecular weight is 431 g/mol. The topological polar surface area (TPSA) is 104 Å². The van der Waals surface area contributed by atoms with Crippen LogP contribution in [-0.2, 0) is 28.6 Å². The average Bonchev–Trinajstić information content (AvgIpc) is 3.15. The summed E-state index contributed by atoms with van der Waals surface area (Å²) in [5, 5.41) is 3.21. The molecule has 1 aliphatic carbocycles. The fraction of sp³-hybridized carbons (Fsp3) is 0.522. The molecule has 3 atom stereocenters. The summed E-state index contributed by atoms with van der Waals surface area (Å²) in [4.78, 5) is 38.9. The standard InChI is InChI=1S/C23H29NO7/c1-6-29-9-10-30-23(27)18-14(4)24-15-11-12(2)17(22(26)28-5)21(25)19(15)20(18)16-8-7-13(3)31-16/h7-8,12,17,20,24H,6,9-11H2,1-5H3/t12-,17-,20-/m1/s1. The Bertz CT molecular complexity index is 939. The lowest BCUT2D eigenvalue weighted by atomic mass is 9.70. The summed E-state index contributed by atoms with van der Waals surface area (Å²) in [5.41, 5.74) is 1.93. The largest absolute Gasteiger partial charge is 0.468 e. The molecule has 0 amide bonds. The Morgan fingerprint density at radius 3 is 2.58 bits per heavy atom. The monoisotopic (exact) mass is 431 g/mol. The lowest BCUT2D eigenvalue weighted by Crippen LogP contribution is -2.43. The van der Waals surface area contributed by atoms with Gasteiger partial charge in [-0.1, -0.05) is 6.92 Å². The van der Waals surface area contributed by atoms with E-state index in [-0.39, 0.29) is 30.5 Å². The first-order valence-electron chi connectivity index (χ1n) is 10.4. The van der Waals surface area contributed by atoms with Gasteiger partial charge in [0.05, 0.1) is 25.2 Å². The number of methoxy groups -OCH3 is 1. The number of ketones is 1. The molecule has 0 spiro atoms. The van der Waals surface area contributed by atoms with E-state index in [4.69, 9.17) is 18.6 Å². The number of furan rings is 1. The van der Waals surface area contributed by atoms with E-state index in [0.717, 1.165) is 0 Å². The highest BCUT2D eigenvalue weighted by Gasteiger charge is 2.48. The predicted molar refractivity (Wildman–Crippen MR) is 111 cm³/mol. The Hall–Kier alpha value is -2.87. The van der Waals surface area contributed by atoms with Crippen LogP contribution < -0.4 is 5.32 Å². The molecule has 0 saturated heterocycles. The van der Waals surface area contributed by atoms with Gasteiger partial charge >= 0.3 is 11.9 Å². The molecular weight excluding hydrogens is 402 g/mol. The number of nitrogens with one attached hydrogen (secondary N) is 1. The molecule has 0 aromatic carbocycles. The van der Waals surface area contributed by atoms with Crippen molar-refractivity contribution in [1.82, 2.24) is 5.32 Å². The van der Waals surface area contributed by atoms with Gasteiger partial charge in [-0.25, -0.2) is 4.79 Å². The number of hydrogen-bond donors (Lipinski definition) is 1. The molecule has 2 aliphatic rings. The second-order valence-electron chi connectivity index (χ2n) is 7.82. The second-order valence-corrected chi connectivity index (χ2v) is 7.82. The zero-order valence-electron chi connectivity index (χ0n) is 18.6. The number of hydrogen-bond acceptors (Lipinski definition) is 8. The van der Waals surface area contributed by atoms with E-state index in [2.05, 4.69) is 5.32 Å². The van der Waals surface area contributed by atoms with Crippen LogP contribution in [0.4, 0.5) is 0 Å². The lowest BCUT2D eigenvalue weighted by Gasteiger charge is -2.37. The summed E-state index contributed by atoms with van der Waals surface area (Å²) in [6.07, 6.45) is 0.473. The van der Waals surface area contributed by atoms with E-state index < -0.39 is 23.8 Å². The summed E-state index contributed by atoms with van der Waals surface area (Å²) in [7, 11) is 1.27. The van der Waals surface area contributed by atoms with E-state index in [1.807, 2.05) is 13.8 Å². The molecule has 0 unspecified atom stereocenters. The van der Waals surface area contributed by atoms with Crippen molar-refractivity contribution in [3.63, 3.8) is 0 Å². The van der Waals surface area contributed by atoms with Crippen molar-refractivity contribution in [3.8, 4) is 0 Å². The minimum absolute atomic E-state index is 0.0923. The van der Waals surface area contributed by atoms with Crippen LogP contribution in [0.5, 0.6) is 0 Å². The van der Waals surface area contributed by atoms with Gasteiger partial charge in [0.1, 0.15) is 24.0 Å². The van der Waals surface area contributed by atoms with Crippen LogP contribution >= 0.6 is 0 Å². The zero-order valence-corrected chi connectivity index (χ0v) is 18.6. The molecule has 31 heavy (non-hydrogen) atoms. The lowest BCUT2D eigenvalue weighted by molar-refractivity contribution is -0.151. The molecule has 3 rings (SSSR count). The molecule has 1 aromatic rings. The summed E-state index contributed by atoms with van der Waals surface area (Å²) in [6, 6.07) is 3.52. The molecule has 8 heteroatoms. The van der Waals surface area contributed by atoms with Gasteiger partial charge in [0, 0.05) is 23.6 Å². The maximum absolute atomic E-state index is 13.5. The van der Waals surface area contributed by atoms with E-state index in [9.17, 15) is 14.4 Å². The van der Waals surface area contributed by atoms with Gasteiger partial charge in [-0.3, -0.25) is 9.59 Å². The van der Waals surface area contributed by atoms with Crippen LogP contribution in [0.1, 0.15) is 44.6 Å². The minimum atomic E-state index is -0.933. The van der Waals surface area contributed by atoms with E-state index >= 15 is 0 Å². The Morgan fingerprint density at radius 1 is 1.23 bits per heavy atom. The van der Waals surface area contributed by atoms with Gasteiger partial charge in [-0.2, -0.15) is 0 Å². The summed E-state index contributed by atoms with van der Waals surface area (Å²) in [5.74, 6) is -2.33. The third-order valence-electron chi connectivity index (χ3n) is 5.67. The molecule has 1 N–H and O–H groups in total. The number of ether oxygens (including phenoxy) is 3. The first-order valence-corrected chi connectivity index (χ1v) is 10.4. The van der Waals surface area contributed by atoms with Crippen molar-refractivity contribution >= 4 is 17.7 Å². The Kier molecular flexibility index (Phi) is 7.00. The van der Waals surface area contributed by atoms with Gasteiger partial charge in [0.25, 0.3) is 0 Å².